The van der Waals surface area contributed by atoms with Crippen molar-refractivity contribution in [3.8, 4) is 0 Å². The van der Waals surface area contributed by atoms with Gasteiger partial charge < -0.3 is 14.7 Å². The summed E-state index contributed by atoms with van der Waals surface area (Å²) in [5, 5.41) is 8.75. The van der Waals surface area contributed by atoms with Crippen LogP contribution in [0, 0.1) is 5.41 Å². The number of piperidine rings is 1. The fraction of sp³-hybridized carbons (Fsp3) is 0.667. The van der Waals surface area contributed by atoms with E-state index in [2.05, 4.69) is 9.72 Å². The van der Waals surface area contributed by atoms with E-state index in [0.717, 1.165) is 23.2 Å². The van der Waals surface area contributed by atoms with Gasteiger partial charge in [0.1, 0.15) is 0 Å². The van der Waals surface area contributed by atoms with E-state index in [0.29, 0.717) is 31.4 Å². The first-order chi connectivity index (χ1) is 13.4. The van der Waals surface area contributed by atoms with Gasteiger partial charge in [-0.2, -0.15) is 26.3 Å². The van der Waals surface area contributed by atoms with Crippen molar-refractivity contribution in [1.29, 1.82) is 0 Å². The van der Waals surface area contributed by atoms with Crippen molar-refractivity contribution in [1.82, 2.24) is 9.88 Å². The first-order valence-electron chi connectivity index (χ1n) is 9.10. The molecule has 0 unspecified atom stereocenters. The fourth-order valence-electron chi connectivity index (χ4n) is 4.02. The van der Waals surface area contributed by atoms with Crippen molar-refractivity contribution in [2.24, 2.45) is 5.41 Å². The minimum Gasteiger partial charge on any atom is -0.434 e. The first kappa shape index (κ1) is 21.7. The molecule has 1 saturated carbocycles. The summed E-state index contributed by atoms with van der Waals surface area (Å²) in [6, 6.07) is 1.97. The number of ether oxygens (including phenoxy) is 1. The molecule has 3 rings (SSSR count). The van der Waals surface area contributed by atoms with Gasteiger partial charge in [-0.15, -0.1) is 0 Å². The Kier molecular flexibility index (Phi) is 5.72. The zero-order chi connectivity index (χ0) is 21.4. The van der Waals surface area contributed by atoms with E-state index in [1.54, 1.807) is 0 Å². The summed E-state index contributed by atoms with van der Waals surface area (Å²) in [4.78, 5) is 17.1. The minimum atomic E-state index is -4.85. The number of nitrogens with zero attached hydrogens (tertiary/aromatic N) is 2. The maximum Gasteiger partial charge on any atom is 0.427 e. The van der Waals surface area contributed by atoms with Crippen LogP contribution in [0.25, 0.3) is 0 Å². The largest absolute Gasteiger partial charge is 0.434 e. The van der Waals surface area contributed by atoms with E-state index >= 15 is 0 Å². The second-order valence-corrected chi connectivity index (χ2v) is 7.66. The Morgan fingerprint density at radius 2 is 1.86 bits per heavy atom. The van der Waals surface area contributed by atoms with Crippen molar-refractivity contribution in [3.63, 3.8) is 0 Å². The second kappa shape index (κ2) is 7.66. The van der Waals surface area contributed by atoms with Crippen molar-refractivity contribution in [3.05, 3.63) is 29.6 Å². The van der Waals surface area contributed by atoms with Gasteiger partial charge in [0.2, 0.25) is 6.10 Å². The van der Waals surface area contributed by atoms with Crippen molar-refractivity contribution in [2.45, 2.75) is 50.1 Å². The van der Waals surface area contributed by atoms with E-state index in [9.17, 15) is 31.1 Å². The van der Waals surface area contributed by atoms with Crippen LogP contribution in [0.4, 0.5) is 31.1 Å². The van der Waals surface area contributed by atoms with Gasteiger partial charge in [-0.25, -0.2) is 4.79 Å². The monoisotopic (exact) mass is 426 g/mol. The van der Waals surface area contributed by atoms with Crippen LogP contribution in [0.5, 0.6) is 0 Å². The third-order valence-corrected chi connectivity index (χ3v) is 5.74. The Morgan fingerprint density at radius 3 is 2.38 bits per heavy atom. The van der Waals surface area contributed by atoms with Gasteiger partial charge in [0, 0.05) is 30.9 Å². The molecule has 1 N–H and O–H groups in total. The number of hydrogen-bond donors (Lipinski definition) is 1. The van der Waals surface area contributed by atoms with Crippen molar-refractivity contribution >= 4 is 6.09 Å². The van der Waals surface area contributed by atoms with Crippen LogP contribution in [-0.4, -0.2) is 53.1 Å². The summed E-state index contributed by atoms with van der Waals surface area (Å²) in [7, 11) is 0. The standard InChI is InChI=1S/C18H20F6N2O3/c19-17(20,21)12-1-4-25-13(7-12)11-8-16(9-11)2-5-26(6-3-16)15(28)29-14(10-27)18(22,23)24/h1,4,7,11,14,27H,2-3,5-6,8-10H2/t14-/m1/s1. The van der Waals surface area contributed by atoms with Gasteiger partial charge in [-0.1, -0.05) is 0 Å². The summed E-state index contributed by atoms with van der Waals surface area (Å²) in [6.07, 6.45) is -9.56. The van der Waals surface area contributed by atoms with Gasteiger partial charge in [-0.05, 0) is 43.2 Å². The van der Waals surface area contributed by atoms with Gasteiger partial charge in [-0.3, -0.25) is 4.98 Å². The molecule has 5 nitrogen and oxygen atoms in total. The number of aliphatic hydroxyl groups is 1. The number of hydrogen-bond acceptors (Lipinski definition) is 4. The van der Waals surface area contributed by atoms with E-state index in [1.807, 2.05) is 0 Å². The quantitative estimate of drug-likeness (QED) is 0.739. The summed E-state index contributed by atoms with van der Waals surface area (Å²) in [5.74, 6) is -0.111. The maximum atomic E-state index is 12.8. The molecule has 1 aromatic rings. The molecule has 11 heteroatoms. The lowest BCUT2D eigenvalue weighted by molar-refractivity contribution is -0.215. The Labute approximate surface area is 162 Å². The number of pyridine rings is 1. The topological polar surface area (TPSA) is 62.7 Å². The van der Waals surface area contributed by atoms with Crippen LogP contribution in [-0.2, 0) is 10.9 Å². The van der Waals surface area contributed by atoms with Crippen LogP contribution in [0.1, 0.15) is 42.9 Å². The molecule has 2 fully saturated rings. The molecule has 1 spiro atoms. The lowest BCUT2D eigenvalue weighted by atomic mass is 9.56. The van der Waals surface area contributed by atoms with Crippen LogP contribution < -0.4 is 0 Å². The number of carbonyl (C=O) groups excluding carboxylic acids is 1. The maximum absolute atomic E-state index is 12.8. The molecule has 1 aromatic heterocycles. The molecule has 1 amide bonds. The lowest BCUT2D eigenvalue weighted by Gasteiger charge is -2.52. The van der Waals surface area contributed by atoms with Gasteiger partial charge in [0.15, 0.2) is 0 Å². The SMILES string of the molecule is O=C(O[C@H](CO)C(F)(F)F)N1CCC2(CC1)CC(c1cc(C(F)(F)F)ccn1)C2. The van der Waals surface area contributed by atoms with Crippen molar-refractivity contribution in [2.75, 3.05) is 19.7 Å². The molecule has 0 bridgehead atoms. The normalized spacial score (nSPS) is 21.0. The van der Waals surface area contributed by atoms with E-state index < -0.39 is 36.7 Å². The van der Waals surface area contributed by atoms with Crippen LogP contribution in [0.2, 0.25) is 0 Å². The van der Waals surface area contributed by atoms with Crippen LogP contribution >= 0.6 is 0 Å². The van der Waals surface area contributed by atoms with E-state index in [4.69, 9.17) is 5.11 Å². The molecular formula is C18H20F6N2O3. The zero-order valence-electron chi connectivity index (χ0n) is 15.3. The summed E-state index contributed by atoms with van der Waals surface area (Å²) in [6.45, 7) is -0.964. The highest BCUT2D eigenvalue weighted by Gasteiger charge is 2.49. The number of carbonyl (C=O) groups is 1. The molecule has 2 aliphatic rings. The average molecular weight is 426 g/mol. The third kappa shape index (κ3) is 4.76. The average Bonchev–Trinajstić information content (AvgIpc) is 2.62. The Balaban J connectivity index is 1.53. The van der Waals surface area contributed by atoms with E-state index in [-0.39, 0.29) is 24.4 Å². The summed E-state index contributed by atoms with van der Waals surface area (Å²) in [5.41, 5.74) is -0.523. The molecule has 0 aromatic carbocycles. The van der Waals surface area contributed by atoms with Gasteiger partial charge >= 0.3 is 18.4 Å². The molecule has 1 atom stereocenters. The molecular weight excluding hydrogens is 406 g/mol. The first-order valence-corrected chi connectivity index (χ1v) is 9.10. The molecule has 162 valence electrons. The lowest BCUT2D eigenvalue weighted by Crippen LogP contribution is -2.50. The summed E-state index contributed by atoms with van der Waals surface area (Å²) < 4.78 is 80.7. The highest BCUT2D eigenvalue weighted by atomic mass is 19.4. The molecule has 1 aliphatic heterocycles. The number of rotatable bonds is 3. The van der Waals surface area contributed by atoms with Gasteiger partial charge in [0.25, 0.3) is 0 Å². The van der Waals surface area contributed by atoms with Crippen LogP contribution in [0.15, 0.2) is 18.3 Å². The van der Waals surface area contributed by atoms with Crippen molar-refractivity contribution < 1.29 is 41.0 Å². The molecule has 29 heavy (non-hydrogen) atoms. The third-order valence-electron chi connectivity index (χ3n) is 5.74. The predicted octanol–water partition coefficient (Wildman–Crippen LogP) is 4.12. The Morgan fingerprint density at radius 1 is 1.24 bits per heavy atom. The van der Waals surface area contributed by atoms with Crippen LogP contribution in [0.3, 0.4) is 0 Å². The number of alkyl halides is 6. The highest BCUT2D eigenvalue weighted by molar-refractivity contribution is 5.68. The minimum absolute atomic E-state index is 0.111. The number of aliphatic hydroxyl groups excluding tert-OH is 1. The van der Waals surface area contributed by atoms with Gasteiger partial charge in [0.05, 0.1) is 12.2 Å². The highest BCUT2D eigenvalue weighted by Crippen LogP contribution is 2.56. The number of halogens is 6. The molecule has 0 radical (unpaired) electrons. The molecule has 2 heterocycles. The number of aromatic nitrogens is 1. The Bertz CT molecular complexity index is 736. The van der Waals surface area contributed by atoms with E-state index in [1.165, 1.54) is 0 Å². The molecule has 1 aliphatic carbocycles. The number of likely N-dealkylation sites (tertiary alicyclic amines) is 1. The molecule has 1 saturated heterocycles. The Hall–Kier alpha value is -2.04. The fourth-order valence-corrected chi connectivity index (χ4v) is 4.02. The zero-order valence-corrected chi connectivity index (χ0v) is 15.3. The smallest absolute Gasteiger partial charge is 0.427 e. The second-order valence-electron chi connectivity index (χ2n) is 7.66. The summed E-state index contributed by atoms with van der Waals surface area (Å²) >= 11 is 0. The predicted molar refractivity (Wildman–Crippen MR) is 87.9 cm³/mol. The number of amides is 1.